The molecule has 1 aliphatic rings. The summed E-state index contributed by atoms with van der Waals surface area (Å²) >= 11 is 0. The lowest BCUT2D eigenvalue weighted by molar-refractivity contribution is -0.275. The Balaban J connectivity index is 2.07. The van der Waals surface area contributed by atoms with Crippen molar-refractivity contribution < 1.29 is 45.1 Å². The van der Waals surface area contributed by atoms with Gasteiger partial charge in [-0.25, -0.2) is 14.2 Å². The highest BCUT2D eigenvalue weighted by molar-refractivity contribution is 5.88. The topological polar surface area (TPSA) is 107 Å². The molecule has 2 N–H and O–H groups in total. The maximum atomic E-state index is 14.4. The number of hydrogen-bond donors (Lipinski definition) is 2. The number of piperazine rings is 1. The number of nitriles is 1. The first kappa shape index (κ1) is 26.5. The Morgan fingerprint density at radius 3 is 2.53 bits per heavy atom. The molecule has 3 rings (SSSR count). The van der Waals surface area contributed by atoms with Gasteiger partial charge >= 0.3 is 18.6 Å². The highest BCUT2D eigenvalue weighted by Gasteiger charge is 2.38. The van der Waals surface area contributed by atoms with Crippen LogP contribution < -0.4 is 15.4 Å². The Morgan fingerprint density at radius 1 is 1.25 bits per heavy atom. The molecule has 1 fully saturated rings. The first-order valence-corrected chi connectivity index (χ1v) is 10.1. The third-order valence-electron chi connectivity index (χ3n) is 5.14. The Bertz CT molecular complexity index is 1210. The van der Waals surface area contributed by atoms with Gasteiger partial charge in [0.1, 0.15) is 12.1 Å². The fourth-order valence-corrected chi connectivity index (χ4v) is 3.44. The predicted octanol–water partition coefficient (Wildman–Crippen LogP) is 3.63. The van der Waals surface area contributed by atoms with Crippen molar-refractivity contribution in [2.24, 2.45) is 0 Å². The highest BCUT2D eigenvalue weighted by atomic mass is 19.4. The van der Waals surface area contributed by atoms with Crippen LogP contribution in [-0.2, 0) is 11.0 Å². The first-order valence-electron chi connectivity index (χ1n) is 10.1. The van der Waals surface area contributed by atoms with Gasteiger partial charge in [0.2, 0.25) is 5.91 Å². The third kappa shape index (κ3) is 5.93. The molecule has 36 heavy (non-hydrogen) atoms. The molecule has 0 bridgehead atoms. The molecular formula is C21H16F7N5O3. The number of benzene rings is 1. The number of amides is 3. The number of rotatable bonds is 4. The van der Waals surface area contributed by atoms with Crippen LogP contribution in [0, 0.1) is 17.1 Å². The Labute approximate surface area is 198 Å². The summed E-state index contributed by atoms with van der Waals surface area (Å²) in [6.45, 7) is 1.52. The molecular weight excluding hydrogens is 503 g/mol. The molecule has 0 aliphatic carbocycles. The van der Waals surface area contributed by atoms with E-state index >= 15 is 0 Å². The van der Waals surface area contributed by atoms with E-state index in [-0.39, 0.29) is 18.7 Å². The summed E-state index contributed by atoms with van der Waals surface area (Å²) in [4.78, 5) is 29.3. The smallest absolute Gasteiger partial charge is 0.403 e. The molecule has 0 spiro atoms. The van der Waals surface area contributed by atoms with Gasteiger partial charge in [-0.3, -0.25) is 4.79 Å². The fraction of sp³-hybridized carbons (Fsp3) is 0.333. The summed E-state index contributed by atoms with van der Waals surface area (Å²) in [5.74, 6) is -3.22. The van der Waals surface area contributed by atoms with Crippen molar-refractivity contribution in [3.05, 3.63) is 58.7 Å². The summed E-state index contributed by atoms with van der Waals surface area (Å²) < 4.78 is 95.8. The molecule has 2 heterocycles. The normalized spacial score (nSPS) is 17.1. The number of carbonyl (C=O) groups excluding carboxylic acids is 2. The molecule has 15 heteroatoms. The number of halogens is 7. The molecule has 1 saturated heterocycles. The summed E-state index contributed by atoms with van der Waals surface area (Å²) in [6.07, 6.45) is -10.3. The number of nitrogens with zero attached hydrogens (tertiary/aromatic N) is 3. The largest absolute Gasteiger partial charge is 0.573 e. The maximum absolute atomic E-state index is 14.4. The average molecular weight is 519 g/mol. The summed E-state index contributed by atoms with van der Waals surface area (Å²) in [5.41, 5.74) is -3.18. The van der Waals surface area contributed by atoms with Crippen LogP contribution in [0.4, 0.5) is 35.5 Å². The lowest BCUT2D eigenvalue weighted by atomic mass is 10.0. The van der Waals surface area contributed by atoms with Crippen LogP contribution in [0.15, 0.2) is 30.3 Å². The quantitative estimate of drug-likeness (QED) is 0.601. The van der Waals surface area contributed by atoms with Gasteiger partial charge in [0, 0.05) is 13.1 Å². The molecule has 0 saturated carbocycles. The second kappa shape index (κ2) is 9.88. The minimum atomic E-state index is -5.21. The van der Waals surface area contributed by atoms with Crippen LogP contribution in [0.5, 0.6) is 5.75 Å². The minimum absolute atomic E-state index is 0.0345. The summed E-state index contributed by atoms with van der Waals surface area (Å²) in [7, 11) is 0. The van der Waals surface area contributed by atoms with E-state index in [1.165, 1.54) is 13.0 Å². The molecule has 2 aromatic rings. The third-order valence-corrected chi connectivity index (χ3v) is 5.14. The van der Waals surface area contributed by atoms with Gasteiger partial charge in [-0.05, 0) is 36.8 Å². The van der Waals surface area contributed by atoms with Crippen molar-refractivity contribution in [3.8, 4) is 11.8 Å². The van der Waals surface area contributed by atoms with Crippen LogP contribution in [0.2, 0.25) is 0 Å². The number of urea groups is 1. The SMILES string of the molecule is C[C@@H]1C(=O)NCCN1C(=O)NC(c1ccc(OC(F)(F)F)c(F)c1)c1ccc(C#N)c(C(F)(F)F)n1. The standard InChI is InChI=1S/C21H16F7N5O3/c1-10-18(34)30-6-7-33(10)19(35)32-16(11-3-5-15(13(22)8-11)36-21(26,27)28)14-4-2-12(9-29)17(31-14)20(23,24)25/h2-5,8,10,16H,6-7H2,1H3,(H,30,34)(H,32,35)/t10-,16?/m1/s1. The van der Waals surface area contributed by atoms with Crippen LogP contribution in [-0.4, -0.2) is 47.3 Å². The number of ether oxygens (including phenoxy) is 1. The van der Waals surface area contributed by atoms with Gasteiger partial charge in [0.05, 0.1) is 17.3 Å². The van der Waals surface area contributed by atoms with E-state index in [9.17, 15) is 40.3 Å². The minimum Gasteiger partial charge on any atom is -0.403 e. The van der Waals surface area contributed by atoms with Crippen molar-refractivity contribution in [2.45, 2.75) is 31.5 Å². The molecule has 192 valence electrons. The van der Waals surface area contributed by atoms with E-state index in [0.717, 1.165) is 23.1 Å². The van der Waals surface area contributed by atoms with Crippen molar-refractivity contribution in [1.82, 2.24) is 20.5 Å². The maximum Gasteiger partial charge on any atom is 0.573 e. The number of pyridine rings is 1. The molecule has 0 radical (unpaired) electrons. The number of carbonyl (C=O) groups is 2. The van der Waals surface area contributed by atoms with E-state index in [1.54, 1.807) is 0 Å². The van der Waals surface area contributed by atoms with Gasteiger partial charge in [0.25, 0.3) is 0 Å². The zero-order valence-electron chi connectivity index (χ0n) is 18.2. The lowest BCUT2D eigenvalue weighted by Gasteiger charge is -2.34. The predicted molar refractivity (Wildman–Crippen MR) is 107 cm³/mol. The number of alkyl halides is 6. The Morgan fingerprint density at radius 2 is 1.94 bits per heavy atom. The molecule has 1 aromatic heterocycles. The summed E-state index contributed by atoms with van der Waals surface area (Å²) in [6, 6.07) is 1.62. The van der Waals surface area contributed by atoms with Crippen LogP contribution in [0.1, 0.15) is 35.5 Å². The van der Waals surface area contributed by atoms with Gasteiger partial charge in [-0.15, -0.1) is 13.2 Å². The summed E-state index contributed by atoms with van der Waals surface area (Å²) in [5, 5.41) is 13.9. The van der Waals surface area contributed by atoms with Gasteiger partial charge in [-0.2, -0.15) is 18.4 Å². The second-order valence-electron chi connectivity index (χ2n) is 7.52. The zero-order valence-corrected chi connectivity index (χ0v) is 18.2. The van der Waals surface area contributed by atoms with Crippen molar-refractivity contribution in [3.63, 3.8) is 0 Å². The number of nitrogens with one attached hydrogen (secondary N) is 2. The van der Waals surface area contributed by atoms with E-state index in [0.29, 0.717) is 12.1 Å². The average Bonchev–Trinajstić information content (AvgIpc) is 2.78. The van der Waals surface area contributed by atoms with Crippen molar-refractivity contribution in [1.29, 1.82) is 5.26 Å². The Hall–Kier alpha value is -4.09. The van der Waals surface area contributed by atoms with Gasteiger partial charge < -0.3 is 20.3 Å². The lowest BCUT2D eigenvalue weighted by Crippen LogP contribution is -2.58. The molecule has 2 atom stereocenters. The van der Waals surface area contributed by atoms with Crippen molar-refractivity contribution >= 4 is 11.9 Å². The monoisotopic (exact) mass is 519 g/mol. The van der Waals surface area contributed by atoms with Crippen LogP contribution in [0.25, 0.3) is 0 Å². The highest BCUT2D eigenvalue weighted by Crippen LogP contribution is 2.34. The molecule has 8 nitrogen and oxygen atoms in total. The molecule has 1 aromatic carbocycles. The molecule has 3 amide bonds. The van der Waals surface area contributed by atoms with Crippen LogP contribution in [0.3, 0.4) is 0 Å². The van der Waals surface area contributed by atoms with E-state index < -0.39 is 65.1 Å². The van der Waals surface area contributed by atoms with E-state index in [4.69, 9.17) is 5.26 Å². The molecule has 1 aliphatic heterocycles. The Kier molecular flexibility index (Phi) is 7.27. The van der Waals surface area contributed by atoms with Gasteiger partial charge in [-0.1, -0.05) is 6.07 Å². The molecule has 1 unspecified atom stereocenters. The zero-order chi connectivity index (χ0) is 26.8. The van der Waals surface area contributed by atoms with Crippen molar-refractivity contribution in [2.75, 3.05) is 13.1 Å². The first-order chi connectivity index (χ1) is 16.7. The fourth-order valence-electron chi connectivity index (χ4n) is 3.44. The van der Waals surface area contributed by atoms with Crippen LogP contribution >= 0.6 is 0 Å². The number of hydrogen-bond acceptors (Lipinski definition) is 5. The van der Waals surface area contributed by atoms with E-state index in [2.05, 4.69) is 20.4 Å². The van der Waals surface area contributed by atoms with E-state index in [1.807, 2.05) is 0 Å². The van der Waals surface area contributed by atoms with Gasteiger partial charge in [0.15, 0.2) is 17.3 Å². The second-order valence-corrected chi connectivity index (χ2v) is 7.52. The number of aromatic nitrogens is 1.